The summed E-state index contributed by atoms with van der Waals surface area (Å²) < 4.78 is 14.2. The molecule has 134 valence electrons. The molecular formula is C21H16FN3OS. The molecule has 0 saturated carbocycles. The molecule has 27 heavy (non-hydrogen) atoms. The van der Waals surface area contributed by atoms with Crippen molar-refractivity contribution in [3.05, 3.63) is 75.0 Å². The van der Waals surface area contributed by atoms with Crippen LogP contribution < -0.4 is 5.32 Å². The number of fused-ring (bicyclic) bond motifs is 1. The van der Waals surface area contributed by atoms with Crippen LogP contribution in [0.3, 0.4) is 0 Å². The fourth-order valence-electron chi connectivity index (χ4n) is 3.28. The predicted octanol–water partition coefficient (Wildman–Crippen LogP) is 3.89. The van der Waals surface area contributed by atoms with Gasteiger partial charge in [-0.25, -0.2) is 9.37 Å². The number of benzene rings is 2. The van der Waals surface area contributed by atoms with Gasteiger partial charge in [0.1, 0.15) is 11.9 Å². The maximum Gasteiger partial charge on any atom is 0.195 e. The molecule has 0 atom stereocenters. The van der Waals surface area contributed by atoms with Gasteiger partial charge in [-0.1, -0.05) is 36.4 Å². The molecule has 1 N–H and O–H groups in total. The van der Waals surface area contributed by atoms with Crippen molar-refractivity contribution in [2.75, 3.05) is 6.54 Å². The zero-order valence-corrected chi connectivity index (χ0v) is 15.3. The Morgan fingerprint density at radius 3 is 2.81 bits per heavy atom. The number of nitrogens with one attached hydrogen (secondary N) is 1. The number of rotatable bonds is 4. The molecule has 0 radical (unpaired) electrons. The molecule has 1 aliphatic rings. The van der Waals surface area contributed by atoms with Crippen LogP contribution in [0.2, 0.25) is 0 Å². The average molecular weight is 377 g/mol. The Bertz CT molecular complexity index is 1040. The molecule has 6 heteroatoms. The lowest BCUT2D eigenvalue weighted by Gasteiger charge is -2.09. The summed E-state index contributed by atoms with van der Waals surface area (Å²) in [5.74, 6) is -0.505. The molecule has 3 aromatic rings. The maximum atomic E-state index is 14.2. The molecule has 1 aromatic heterocycles. The van der Waals surface area contributed by atoms with Gasteiger partial charge >= 0.3 is 0 Å². The van der Waals surface area contributed by atoms with Gasteiger partial charge in [-0.2, -0.15) is 5.26 Å². The van der Waals surface area contributed by atoms with Crippen LogP contribution >= 0.6 is 11.3 Å². The highest BCUT2D eigenvalue weighted by molar-refractivity contribution is 7.13. The minimum Gasteiger partial charge on any atom is -0.311 e. The minimum atomic E-state index is -0.391. The largest absolute Gasteiger partial charge is 0.311 e. The molecule has 2 heterocycles. The van der Waals surface area contributed by atoms with E-state index in [1.165, 1.54) is 17.4 Å². The van der Waals surface area contributed by atoms with E-state index in [4.69, 9.17) is 0 Å². The topological polar surface area (TPSA) is 65.8 Å². The lowest BCUT2D eigenvalue weighted by atomic mass is 9.93. The third-order valence-electron chi connectivity index (χ3n) is 4.62. The van der Waals surface area contributed by atoms with Gasteiger partial charge in [-0.3, -0.25) is 4.79 Å². The van der Waals surface area contributed by atoms with E-state index in [0.717, 1.165) is 30.1 Å². The Hall–Kier alpha value is -2.88. The molecule has 0 bridgehead atoms. The first-order chi connectivity index (χ1) is 13.2. The zero-order chi connectivity index (χ0) is 18.8. The molecule has 0 unspecified atom stereocenters. The van der Waals surface area contributed by atoms with E-state index in [0.29, 0.717) is 27.3 Å². The minimum absolute atomic E-state index is 0.0744. The second-order valence-electron chi connectivity index (χ2n) is 6.35. The van der Waals surface area contributed by atoms with Crippen molar-refractivity contribution in [2.45, 2.75) is 19.4 Å². The van der Waals surface area contributed by atoms with E-state index in [1.807, 2.05) is 0 Å². The number of Topliss-reactive ketones (excluding diaryl/α,β-unsaturated/α-hetero) is 1. The van der Waals surface area contributed by atoms with Crippen LogP contribution in [0.15, 0.2) is 42.5 Å². The molecule has 4 nitrogen and oxygen atoms in total. The number of carbonyl (C=O) groups excluding carboxylic acids is 1. The van der Waals surface area contributed by atoms with Crippen molar-refractivity contribution in [1.82, 2.24) is 10.3 Å². The summed E-state index contributed by atoms with van der Waals surface area (Å²) in [5.41, 5.74) is 2.78. The maximum absolute atomic E-state index is 14.2. The van der Waals surface area contributed by atoms with E-state index < -0.39 is 5.82 Å². The summed E-state index contributed by atoms with van der Waals surface area (Å²) in [6.07, 6.45) is 0.899. The lowest BCUT2D eigenvalue weighted by Crippen LogP contribution is -2.22. The average Bonchev–Trinajstić information content (AvgIpc) is 3.13. The number of hydrogen-bond donors (Lipinski definition) is 1. The lowest BCUT2D eigenvalue weighted by molar-refractivity contribution is 0.0992. The van der Waals surface area contributed by atoms with Crippen LogP contribution in [-0.4, -0.2) is 17.3 Å². The standard InChI is InChI=1S/C21H16FN3OS/c22-17-7-2-1-5-15(17)14-6-3-4-13(16(14)11-23)10-19(26)21-25-18-8-9-24-12-20(18)27-21/h1-7,24H,8-10,12H2. The van der Waals surface area contributed by atoms with Crippen LogP contribution in [0.5, 0.6) is 0 Å². The Morgan fingerprint density at radius 2 is 2.04 bits per heavy atom. The van der Waals surface area contributed by atoms with E-state index in [2.05, 4.69) is 16.4 Å². The highest BCUT2D eigenvalue weighted by atomic mass is 32.1. The van der Waals surface area contributed by atoms with Crippen LogP contribution in [0, 0.1) is 17.1 Å². The van der Waals surface area contributed by atoms with Crippen LogP contribution in [-0.2, 0) is 19.4 Å². The molecule has 0 spiro atoms. The monoisotopic (exact) mass is 377 g/mol. The van der Waals surface area contributed by atoms with Gasteiger partial charge in [0.25, 0.3) is 0 Å². The van der Waals surface area contributed by atoms with Gasteiger partial charge in [-0.15, -0.1) is 11.3 Å². The number of carbonyl (C=O) groups is 1. The zero-order valence-electron chi connectivity index (χ0n) is 14.5. The summed E-state index contributed by atoms with van der Waals surface area (Å²) in [4.78, 5) is 18.3. The Labute approximate surface area is 160 Å². The highest BCUT2D eigenvalue weighted by Gasteiger charge is 2.21. The quantitative estimate of drug-likeness (QED) is 0.701. The fourth-order valence-corrected chi connectivity index (χ4v) is 4.29. The van der Waals surface area contributed by atoms with E-state index >= 15 is 0 Å². The molecular weight excluding hydrogens is 361 g/mol. The predicted molar refractivity (Wildman–Crippen MR) is 102 cm³/mol. The first kappa shape index (κ1) is 17.5. The van der Waals surface area contributed by atoms with E-state index in [1.54, 1.807) is 36.4 Å². The van der Waals surface area contributed by atoms with Crippen molar-refractivity contribution >= 4 is 17.1 Å². The van der Waals surface area contributed by atoms with Crippen molar-refractivity contribution in [2.24, 2.45) is 0 Å². The molecule has 0 fully saturated rings. The number of halogens is 1. The normalized spacial score (nSPS) is 13.0. The molecule has 0 aliphatic carbocycles. The summed E-state index contributed by atoms with van der Waals surface area (Å²) in [5, 5.41) is 13.4. The summed E-state index contributed by atoms with van der Waals surface area (Å²) in [7, 11) is 0. The number of hydrogen-bond acceptors (Lipinski definition) is 5. The smallest absolute Gasteiger partial charge is 0.195 e. The number of nitrogens with zero attached hydrogens (tertiary/aromatic N) is 2. The number of ketones is 1. The van der Waals surface area contributed by atoms with Crippen molar-refractivity contribution in [1.29, 1.82) is 5.26 Å². The second-order valence-corrected chi connectivity index (χ2v) is 7.43. The van der Waals surface area contributed by atoms with E-state index in [9.17, 15) is 14.4 Å². The van der Waals surface area contributed by atoms with E-state index in [-0.39, 0.29) is 12.2 Å². The van der Waals surface area contributed by atoms with Crippen molar-refractivity contribution in [3.8, 4) is 17.2 Å². The Morgan fingerprint density at radius 1 is 1.22 bits per heavy atom. The van der Waals surface area contributed by atoms with Gasteiger partial charge in [0.2, 0.25) is 0 Å². The van der Waals surface area contributed by atoms with Crippen LogP contribution in [0.4, 0.5) is 4.39 Å². The molecule has 1 aliphatic heterocycles. The molecule has 0 amide bonds. The van der Waals surface area contributed by atoms with Crippen molar-refractivity contribution in [3.63, 3.8) is 0 Å². The Balaban J connectivity index is 1.67. The van der Waals surface area contributed by atoms with Gasteiger partial charge < -0.3 is 5.32 Å². The van der Waals surface area contributed by atoms with Gasteiger partial charge in [0, 0.05) is 41.9 Å². The second kappa shape index (κ2) is 7.39. The van der Waals surface area contributed by atoms with Crippen LogP contribution in [0.1, 0.15) is 31.5 Å². The van der Waals surface area contributed by atoms with Crippen molar-refractivity contribution < 1.29 is 9.18 Å². The number of thiazole rings is 1. The van der Waals surface area contributed by atoms with Gasteiger partial charge in [-0.05, 0) is 11.6 Å². The molecule has 0 saturated heterocycles. The SMILES string of the molecule is N#Cc1c(CC(=O)c2nc3c(s2)CNCC3)cccc1-c1ccccc1F. The first-order valence-electron chi connectivity index (χ1n) is 8.66. The Kier molecular flexibility index (Phi) is 4.80. The first-order valence-corrected chi connectivity index (χ1v) is 9.48. The number of aromatic nitrogens is 1. The van der Waals surface area contributed by atoms with Crippen LogP contribution in [0.25, 0.3) is 11.1 Å². The summed E-state index contributed by atoms with van der Waals surface area (Å²) in [6, 6.07) is 13.7. The number of nitriles is 1. The molecule has 2 aromatic carbocycles. The third-order valence-corrected chi connectivity index (χ3v) is 5.76. The summed E-state index contributed by atoms with van der Waals surface area (Å²) >= 11 is 1.41. The highest BCUT2D eigenvalue weighted by Crippen LogP contribution is 2.29. The van der Waals surface area contributed by atoms with Gasteiger partial charge in [0.15, 0.2) is 10.8 Å². The molecule has 4 rings (SSSR count). The van der Waals surface area contributed by atoms with Gasteiger partial charge in [0.05, 0.1) is 11.3 Å². The third kappa shape index (κ3) is 3.39. The summed E-state index contributed by atoms with van der Waals surface area (Å²) in [6.45, 7) is 1.61. The fraction of sp³-hybridized carbons (Fsp3) is 0.190.